The van der Waals surface area contributed by atoms with Crippen LogP contribution < -0.4 is 16.0 Å². The van der Waals surface area contributed by atoms with Gasteiger partial charge in [-0.15, -0.1) is 0 Å². The van der Waals surface area contributed by atoms with Gasteiger partial charge in [0.1, 0.15) is 5.54 Å². The Morgan fingerprint density at radius 3 is 2.58 bits per heavy atom. The van der Waals surface area contributed by atoms with Crippen molar-refractivity contribution in [3.8, 4) is 0 Å². The van der Waals surface area contributed by atoms with Crippen molar-refractivity contribution in [3.05, 3.63) is 63.4 Å². The number of hydrogen-bond acceptors (Lipinski definition) is 4. The molecule has 31 heavy (non-hydrogen) atoms. The molecule has 0 fully saturated rings. The molecule has 1 heterocycles. The second kappa shape index (κ2) is 8.89. The topological polar surface area (TPSA) is 70.7 Å². The molecular weight excluding hydrogens is 520 g/mol. The van der Waals surface area contributed by atoms with Crippen LogP contribution in [0.3, 0.4) is 0 Å². The quantitative estimate of drug-likeness (QED) is 0.392. The number of benzene rings is 2. The van der Waals surface area contributed by atoms with Gasteiger partial charge in [0.15, 0.2) is 0 Å². The van der Waals surface area contributed by atoms with E-state index in [4.69, 9.17) is 5.73 Å². The van der Waals surface area contributed by atoms with Crippen molar-refractivity contribution >= 4 is 51.8 Å². The smallest absolute Gasteiger partial charge is 0.404 e. The zero-order valence-corrected chi connectivity index (χ0v) is 19.2. The number of rotatable bonds is 5. The van der Waals surface area contributed by atoms with Crippen LogP contribution in [0.4, 0.5) is 30.2 Å². The molecule has 1 aliphatic rings. The summed E-state index contributed by atoms with van der Waals surface area (Å²) in [5.74, 6) is -0.446. The van der Waals surface area contributed by atoms with Crippen molar-refractivity contribution in [2.24, 2.45) is 10.7 Å². The summed E-state index contributed by atoms with van der Waals surface area (Å²) in [6.45, 7) is 3.76. The molecule has 0 saturated carbocycles. The molecule has 2 aromatic carbocycles. The van der Waals surface area contributed by atoms with Crippen LogP contribution in [0.25, 0.3) is 0 Å². The summed E-state index contributed by atoms with van der Waals surface area (Å²) in [5, 5.41) is 2.76. The lowest BCUT2D eigenvalue weighted by Gasteiger charge is -2.26. The zero-order chi connectivity index (χ0) is 22.8. The van der Waals surface area contributed by atoms with Crippen LogP contribution in [0.5, 0.6) is 0 Å². The van der Waals surface area contributed by atoms with Gasteiger partial charge in [0, 0.05) is 28.2 Å². The largest absolute Gasteiger partial charge is 0.416 e. The van der Waals surface area contributed by atoms with Crippen molar-refractivity contribution in [3.63, 3.8) is 0 Å². The van der Waals surface area contributed by atoms with Crippen LogP contribution in [0.1, 0.15) is 25.0 Å². The van der Waals surface area contributed by atoms with E-state index in [2.05, 4.69) is 10.3 Å². The number of alkyl halides is 3. The third kappa shape index (κ3) is 5.20. The summed E-state index contributed by atoms with van der Waals surface area (Å²) < 4.78 is 40.9. The van der Waals surface area contributed by atoms with E-state index in [0.717, 1.165) is 23.4 Å². The van der Waals surface area contributed by atoms with Gasteiger partial charge in [-0.3, -0.25) is 9.79 Å². The highest BCUT2D eigenvalue weighted by molar-refractivity contribution is 14.1. The normalized spacial score (nSPS) is 14.8. The van der Waals surface area contributed by atoms with E-state index < -0.39 is 23.2 Å². The fourth-order valence-electron chi connectivity index (χ4n) is 3.23. The summed E-state index contributed by atoms with van der Waals surface area (Å²) in [5.41, 5.74) is 5.96. The summed E-state index contributed by atoms with van der Waals surface area (Å²) in [4.78, 5) is 19.0. The molecule has 1 aliphatic heterocycles. The molecule has 3 N–H and O–H groups in total. The van der Waals surface area contributed by atoms with Crippen molar-refractivity contribution in [1.82, 2.24) is 0 Å². The average Bonchev–Trinajstić information content (AvgIpc) is 3.15. The van der Waals surface area contributed by atoms with E-state index in [1.54, 1.807) is 18.7 Å². The molecule has 0 aromatic heterocycles. The third-order valence-corrected chi connectivity index (χ3v) is 5.61. The molecule has 0 spiro atoms. The molecule has 3 rings (SSSR count). The van der Waals surface area contributed by atoms with Crippen LogP contribution in [0.2, 0.25) is 0 Å². The number of nitrogens with two attached hydrogens (primary N) is 1. The third-order valence-electron chi connectivity index (χ3n) is 4.98. The highest BCUT2D eigenvalue weighted by atomic mass is 127. The lowest BCUT2D eigenvalue weighted by Crippen LogP contribution is -2.36. The monoisotopic (exact) mass is 542 g/mol. The van der Waals surface area contributed by atoms with Crippen molar-refractivity contribution in [1.29, 1.82) is 0 Å². The predicted molar refractivity (Wildman–Crippen MR) is 126 cm³/mol. The molecule has 0 saturated heterocycles. The number of carbonyl (C=O) groups excluding carboxylic acids is 1. The van der Waals surface area contributed by atoms with Gasteiger partial charge in [-0.05, 0) is 72.7 Å². The standard InChI is InChI=1S/C22H22F3IN4O/c1-21(2,28-13-16(26)12-27)20(31)29-17-8-7-15(22(23,24)25)11-19(17)30-10-9-14-5-3-4-6-18(14)30/h3-8,11-13H,9-10,27H2,1-2H3,(H,29,31). The number of aliphatic imine (C=N–C) groups is 1. The Morgan fingerprint density at radius 1 is 1.19 bits per heavy atom. The van der Waals surface area contributed by atoms with Crippen LogP contribution in [0.15, 0.2) is 57.2 Å². The molecule has 0 bridgehead atoms. The van der Waals surface area contributed by atoms with E-state index in [9.17, 15) is 18.0 Å². The minimum absolute atomic E-state index is 0.294. The summed E-state index contributed by atoms with van der Waals surface area (Å²) in [7, 11) is 0. The summed E-state index contributed by atoms with van der Waals surface area (Å²) in [6.07, 6.45) is -0.952. The lowest BCUT2D eigenvalue weighted by atomic mass is 10.0. The van der Waals surface area contributed by atoms with E-state index in [1.165, 1.54) is 18.5 Å². The minimum atomic E-state index is -4.49. The average molecular weight is 542 g/mol. The molecule has 164 valence electrons. The van der Waals surface area contributed by atoms with Gasteiger partial charge in [-0.1, -0.05) is 18.2 Å². The summed E-state index contributed by atoms with van der Waals surface area (Å²) >= 11 is 1.98. The molecule has 0 aliphatic carbocycles. The number of fused-ring (bicyclic) bond motifs is 1. The first-order chi connectivity index (χ1) is 14.5. The van der Waals surface area contributed by atoms with Gasteiger partial charge in [0.05, 0.1) is 16.9 Å². The van der Waals surface area contributed by atoms with Crippen LogP contribution >= 0.6 is 22.6 Å². The Hall–Kier alpha value is -2.56. The van der Waals surface area contributed by atoms with Crippen LogP contribution in [-0.4, -0.2) is 24.2 Å². The molecule has 9 heteroatoms. The maximum absolute atomic E-state index is 13.4. The van der Waals surface area contributed by atoms with Gasteiger partial charge in [-0.25, -0.2) is 0 Å². The summed E-state index contributed by atoms with van der Waals surface area (Å²) in [6, 6.07) is 10.9. The van der Waals surface area contributed by atoms with E-state index in [1.807, 2.05) is 46.9 Å². The first-order valence-electron chi connectivity index (χ1n) is 9.53. The van der Waals surface area contributed by atoms with E-state index in [-0.39, 0.29) is 0 Å². The number of halogens is 4. The first kappa shape index (κ1) is 23.1. The van der Waals surface area contributed by atoms with Gasteiger partial charge in [0.2, 0.25) is 0 Å². The number of amides is 1. The fraction of sp³-hybridized carbons (Fsp3) is 0.273. The first-order valence-corrected chi connectivity index (χ1v) is 10.6. The number of nitrogens with zero attached hydrogens (tertiary/aromatic N) is 2. The lowest BCUT2D eigenvalue weighted by molar-refractivity contribution is -0.137. The molecule has 5 nitrogen and oxygen atoms in total. The maximum Gasteiger partial charge on any atom is 0.416 e. The highest BCUT2D eigenvalue weighted by Crippen LogP contribution is 2.41. The zero-order valence-electron chi connectivity index (χ0n) is 17.0. The van der Waals surface area contributed by atoms with Gasteiger partial charge in [0.25, 0.3) is 5.91 Å². The number of nitrogens with one attached hydrogen (secondary N) is 1. The Balaban J connectivity index is 1.99. The van der Waals surface area contributed by atoms with E-state index in [0.29, 0.717) is 27.9 Å². The number of hydrogen-bond donors (Lipinski definition) is 2. The Bertz CT molecular complexity index is 1050. The molecule has 0 radical (unpaired) electrons. The molecule has 0 unspecified atom stereocenters. The van der Waals surface area contributed by atoms with Gasteiger partial charge < -0.3 is 16.0 Å². The van der Waals surface area contributed by atoms with Gasteiger partial charge in [-0.2, -0.15) is 13.2 Å². The Labute approximate surface area is 192 Å². The SMILES string of the molecule is CC(C)(N=CC(I)=CN)C(=O)Nc1ccc(C(F)(F)F)cc1N1CCc2ccccc21. The molecular formula is C22H22F3IN4O. The Kier molecular flexibility index (Phi) is 6.63. The van der Waals surface area contributed by atoms with E-state index >= 15 is 0 Å². The second-order valence-electron chi connectivity index (χ2n) is 7.58. The maximum atomic E-state index is 13.4. The van der Waals surface area contributed by atoms with Crippen molar-refractivity contribution in [2.75, 3.05) is 16.8 Å². The Morgan fingerprint density at radius 2 is 1.90 bits per heavy atom. The fourth-order valence-corrected chi connectivity index (χ4v) is 3.36. The van der Waals surface area contributed by atoms with Crippen LogP contribution in [0, 0.1) is 0 Å². The number of allylic oxidation sites excluding steroid dienone is 1. The minimum Gasteiger partial charge on any atom is -0.404 e. The van der Waals surface area contributed by atoms with Crippen LogP contribution in [-0.2, 0) is 17.4 Å². The number of carbonyl (C=O) groups is 1. The number of para-hydroxylation sites is 1. The highest BCUT2D eigenvalue weighted by Gasteiger charge is 2.34. The predicted octanol–water partition coefficient (Wildman–Crippen LogP) is 5.42. The van der Waals surface area contributed by atoms with Crippen molar-refractivity contribution < 1.29 is 18.0 Å². The number of anilines is 3. The van der Waals surface area contributed by atoms with Crippen molar-refractivity contribution in [2.45, 2.75) is 32.0 Å². The molecule has 0 atom stereocenters. The molecule has 2 aromatic rings. The second-order valence-corrected chi connectivity index (χ2v) is 8.83. The molecule has 1 amide bonds. The van der Waals surface area contributed by atoms with Gasteiger partial charge >= 0.3 is 6.18 Å².